The molecule has 0 spiro atoms. The maximum atomic E-state index is 14.9. The Morgan fingerprint density at radius 3 is 2.58 bits per heavy atom. The summed E-state index contributed by atoms with van der Waals surface area (Å²) in [4.78, 5) is 0. The fourth-order valence-corrected chi connectivity index (χ4v) is 6.32. The van der Waals surface area contributed by atoms with Gasteiger partial charge in [0.15, 0.2) is 11.6 Å². The van der Waals surface area contributed by atoms with Gasteiger partial charge in [0, 0.05) is 5.39 Å². The van der Waals surface area contributed by atoms with Crippen LogP contribution in [0.3, 0.4) is 0 Å². The lowest BCUT2D eigenvalue weighted by Crippen LogP contribution is -2.30. The highest BCUT2D eigenvalue weighted by Gasteiger charge is 2.35. The van der Waals surface area contributed by atoms with E-state index in [-0.39, 0.29) is 12.4 Å². The Balaban J connectivity index is 1.41. The number of rotatable bonds is 9. The molecule has 2 saturated carbocycles. The summed E-state index contributed by atoms with van der Waals surface area (Å²) in [6.45, 7) is 4.39. The average molecular weight is 455 g/mol. The Labute approximate surface area is 198 Å². The van der Waals surface area contributed by atoms with Crippen molar-refractivity contribution in [3.63, 3.8) is 0 Å². The number of allylic oxidation sites excluding steroid dienone is 1. The molecule has 0 aliphatic heterocycles. The zero-order valence-electron chi connectivity index (χ0n) is 20.4. The molecular weight excluding hydrogens is 414 g/mol. The molecule has 180 valence electrons. The Morgan fingerprint density at radius 1 is 0.939 bits per heavy atom. The first kappa shape index (κ1) is 24.2. The van der Waals surface area contributed by atoms with Crippen molar-refractivity contribution in [2.75, 3.05) is 6.61 Å². The van der Waals surface area contributed by atoms with Crippen LogP contribution >= 0.6 is 0 Å². The highest BCUT2D eigenvalue weighted by Crippen LogP contribution is 2.48. The van der Waals surface area contributed by atoms with E-state index >= 15 is 0 Å². The molecule has 33 heavy (non-hydrogen) atoms. The van der Waals surface area contributed by atoms with Gasteiger partial charge >= 0.3 is 0 Å². The third-order valence-electron chi connectivity index (χ3n) is 8.24. The van der Waals surface area contributed by atoms with Crippen LogP contribution in [0.25, 0.3) is 10.8 Å². The molecule has 4 unspecified atom stereocenters. The van der Waals surface area contributed by atoms with E-state index in [9.17, 15) is 8.78 Å². The number of hydrogen-bond acceptors (Lipinski definition) is 1. The van der Waals surface area contributed by atoms with Crippen LogP contribution in [0.1, 0.15) is 96.0 Å². The van der Waals surface area contributed by atoms with Crippen molar-refractivity contribution >= 4 is 10.8 Å². The molecule has 0 amide bonds. The first-order chi connectivity index (χ1) is 16.1. The number of fused-ring (bicyclic) bond motifs is 2. The second-order valence-electron chi connectivity index (χ2n) is 10.4. The van der Waals surface area contributed by atoms with Gasteiger partial charge < -0.3 is 4.74 Å². The molecule has 2 aromatic rings. The van der Waals surface area contributed by atoms with Gasteiger partial charge in [0.05, 0.1) is 0 Å². The average Bonchev–Trinajstić information content (AvgIpc) is 2.84. The minimum atomic E-state index is -0.884. The molecule has 0 aromatic heterocycles. The minimum Gasteiger partial charge on any atom is -0.486 e. The maximum Gasteiger partial charge on any atom is 0.201 e. The fourth-order valence-electron chi connectivity index (χ4n) is 6.32. The summed E-state index contributed by atoms with van der Waals surface area (Å²) in [7, 11) is 0. The van der Waals surface area contributed by atoms with E-state index in [4.69, 9.17) is 4.74 Å². The molecule has 4 atom stereocenters. The molecule has 2 aliphatic rings. The van der Waals surface area contributed by atoms with Gasteiger partial charge in [-0.3, -0.25) is 0 Å². The molecule has 0 heterocycles. The molecule has 0 bridgehead atoms. The predicted molar refractivity (Wildman–Crippen MR) is 134 cm³/mol. The van der Waals surface area contributed by atoms with Crippen molar-refractivity contribution in [2.45, 2.75) is 90.4 Å². The molecule has 0 radical (unpaired) electrons. The van der Waals surface area contributed by atoms with Gasteiger partial charge in [-0.15, -0.1) is 0 Å². The fraction of sp³-hybridized carbons (Fsp3) is 0.600. The summed E-state index contributed by atoms with van der Waals surface area (Å²) >= 11 is 0. The molecule has 3 heteroatoms. The summed E-state index contributed by atoms with van der Waals surface area (Å²) in [5.74, 6) is 1.38. The summed E-state index contributed by atoms with van der Waals surface area (Å²) in [5.41, 5.74) is 1.17. The highest BCUT2D eigenvalue weighted by molar-refractivity contribution is 5.85. The Hall–Kier alpha value is -1.90. The van der Waals surface area contributed by atoms with Crippen LogP contribution in [0.2, 0.25) is 0 Å². The summed E-state index contributed by atoms with van der Waals surface area (Å²) < 4.78 is 34.9. The molecule has 2 aromatic carbocycles. The van der Waals surface area contributed by atoms with Crippen LogP contribution in [0.5, 0.6) is 5.75 Å². The van der Waals surface area contributed by atoms with Gasteiger partial charge in [-0.1, -0.05) is 69.7 Å². The maximum absolute atomic E-state index is 14.9. The highest BCUT2D eigenvalue weighted by atomic mass is 19.2. The van der Waals surface area contributed by atoms with Gasteiger partial charge in [-0.05, 0) is 85.8 Å². The van der Waals surface area contributed by atoms with Crippen molar-refractivity contribution in [3.8, 4) is 5.75 Å². The zero-order chi connectivity index (χ0) is 23.2. The van der Waals surface area contributed by atoms with Gasteiger partial charge in [0.2, 0.25) is 5.82 Å². The summed E-state index contributed by atoms with van der Waals surface area (Å²) in [6.07, 6.45) is 18.3. The largest absolute Gasteiger partial charge is 0.486 e. The summed E-state index contributed by atoms with van der Waals surface area (Å²) in [6, 6.07) is 7.59. The van der Waals surface area contributed by atoms with Gasteiger partial charge in [0.1, 0.15) is 6.61 Å². The van der Waals surface area contributed by atoms with Crippen molar-refractivity contribution < 1.29 is 13.5 Å². The second-order valence-corrected chi connectivity index (χ2v) is 10.4. The molecule has 2 fully saturated rings. The van der Waals surface area contributed by atoms with Crippen LogP contribution in [0, 0.1) is 29.4 Å². The summed E-state index contributed by atoms with van der Waals surface area (Å²) in [5, 5.41) is 1.08. The van der Waals surface area contributed by atoms with E-state index in [1.54, 1.807) is 12.1 Å². The number of hydrogen-bond donors (Lipinski definition) is 0. The van der Waals surface area contributed by atoms with E-state index in [0.717, 1.165) is 17.8 Å². The first-order valence-corrected chi connectivity index (χ1v) is 13.3. The molecular formula is C30H40F2O. The van der Waals surface area contributed by atoms with Gasteiger partial charge in [-0.25, -0.2) is 4.39 Å². The minimum absolute atomic E-state index is 0.0159. The topological polar surface area (TPSA) is 9.23 Å². The second kappa shape index (κ2) is 11.5. The Morgan fingerprint density at radius 2 is 1.76 bits per heavy atom. The van der Waals surface area contributed by atoms with Crippen LogP contribution in [-0.2, 0) is 0 Å². The number of benzene rings is 2. The van der Waals surface area contributed by atoms with E-state index in [0.29, 0.717) is 16.7 Å². The van der Waals surface area contributed by atoms with Crippen molar-refractivity contribution in [2.24, 2.45) is 17.8 Å². The van der Waals surface area contributed by atoms with Crippen molar-refractivity contribution in [1.29, 1.82) is 0 Å². The van der Waals surface area contributed by atoms with Crippen molar-refractivity contribution in [3.05, 3.63) is 53.6 Å². The van der Waals surface area contributed by atoms with Crippen LogP contribution < -0.4 is 4.74 Å². The molecule has 4 rings (SSSR count). The number of halogens is 2. The SMILES string of the molecule is CC=CCOc1cc2ccc(C3CCC4CC(CCCCCC)CCC4C3)cc2c(F)c1F. The van der Waals surface area contributed by atoms with E-state index in [2.05, 4.69) is 13.0 Å². The molecule has 0 N–H and O–H groups in total. The Kier molecular flexibility index (Phi) is 8.44. The van der Waals surface area contributed by atoms with Crippen LogP contribution in [0.15, 0.2) is 36.4 Å². The number of ether oxygens (including phenoxy) is 1. The molecule has 0 saturated heterocycles. The predicted octanol–water partition coefficient (Wildman–Crippen LogP) is 9.34. The lowest BCUT2D eigenvalue weighted by atomic mass is 9.63. The van der Waals surface area contributed by atoms with Crippen LogP contribution in [-0.4, -0.2) is 6.61 Å². The van der Waals surface area contributed by atoms with E-state index in [1.807, 2.05) is 25.1 Å². The van der Waals surface area contributed by atoms with Crippen LogP contribution in [0.4, 0.5) is 8.78 Å². The number of unbranched alkanes of at least 4 members (excludes halogenated alkanes) is 3. The smallest absolute Gasteiger partial charge is 0.201 e. The normalized spacial score (nSPS) is 25.5. The van der Waals surface area contributed by atoms with Gasteiger partial charge in [-0.2, -0.15) is 4.39 Å². The monoisotopic (exact) mass is 454 g/mol. The lowest BCUT2D eigenvalue weighted by molar-refractivity contribution is 0.113. The van der Waals surface area contributed by atoms with E-state index in [1.165, 1.54) is 76.2 Å². The quantitative estimate of drug-likeness (QED) is 0.271. The van der Waals surface area contributed by atoms with Gasteiger partial charge in [0.25, 0.3) is 0 Å². The Bertz CT molecular complexity index is 950. The third-order valence-corrected chi connectivity index (χ3v) is 8.24. The standard InChI is InChI=1S/C30H40F2O/c1-3-5-7-8-9-21-10-11-23-18-24(13-12-22(23)17-21)25-14-15-26-20-28(33-16-6-4-2)30(32)29(31)27(26)19-25/h4,6,14-15,19-24H,3,5,7-13,16-18H2,1-2H3. The molecule has 2 aliphatic carbocycles. The zero-order valence-corrected chi connectivity index (χ0v) is 20.4. The third kappa shape index (κ3) is 5.78. The molecule has 1 nitrogen and oxygen atoms in total. The van der Waals surface area contributed by atoms with Crippen molar-refractivity contribution in [1.82, 2.24) is 0 Å². The van der Waals surface area contributed by atoms with E-state index < -0.39 is 11.6 Å². The first-order valence-electron chi connectivity index (χ1n) is 13.3. The lowest BCUT2D eigenvalue weighted by Gasteiger charge is -2.42.